The maximum Gasteiger partial charge on any atom is 0.296 e. The fourth-order valence-corrected chi connectivity index (χ4v) is 3.10. The van der Waals surface area contributed by atoms with Gasteiger partial charge < -0.3 is 0 Å². The summed E-state index contributed by atoms with van der Waals surface area (Å²) >= 11 is 0. The van der Waals surface area contributed by atoms with Crippen molar-refractivity contribution in [2.75, 3.05) is 6.61 Å². The highest BCUT2D eigenvalue weighted by molar-refractivity contribution is 7.86. The second-order valence-electron chi connectivity index (χ2n) is 5.52. The van der Waals surface area contributed by atoms with Crippen molar-refractivity contribution in [2.24, 2.45) is 0 Å². The fourth-order valence-electron chi connectivity index (χ4n) is 2.15. The number of hydrogen-bond donors (Lipinski definition) is 0. The van der Waals surface area contributed by atoms with E-state index in [0.29, 0.717) is 0 Å². The van der Waals surface area contributed by atoms with Crippen LogP contribution in [0.5, 0.6) is 0 Å². The third-order valence-electron chi connectivity index (χ3n) is 3.51. The minimum Gasteiger partial charge on any atom is -0.266 e. The molecule has 4 heteroatoms. The van der Waals surface area contributed by atoms with Crippen LogP contribution in [0.15, 0.2) is 29.2 Å². The van der Waals surface area contributed by atoms with Crippen molar-refractivity contribution in [1.29, 1.82) is 0 Å². The normalized spacial score (nSPS) is 11.3. The molecule has 0 aromatic heterocycles. The van der Waals surface area contributed by atoms with Gasteiger partial charge in [-0.15, -0.1) is 12.3 Å². The Morgan fingerprint density at radius 3 is 2.09 bits per heavy atom. The summed E-state index contributed by atoms with van der Waals surface area (Å²) in [5.41, 5.74) is 1.03. The molecule has 0 aliphatic rings. The van der Waals surface area contributed by atoms with Crippen LogP contribution >= 0.6 is 0 Å². The van der Waals surface area contributed by atoms with Gasteiger partial charge in [0.25, 0.3) is 10.1 Å². The first-order valence-electron chi connectivity index (χ1n) is 7.96. The Bertz CT molecular complexity index is 553. The predicted octanol–water partition coefficient (Wildman–Crippen LogP) is 4.45. The molecule has 0 spiro atoms. The lowest BCUT2D eigenvalue weighted by atomic mass is 10.1. The van der Waals surface area contributed by atoms with Crippen molar-refractivity contribution in [3.8, 4) is 12.3 Å². The lowest BCUT2D eigenvalue weighted by Gasteiger charge is -2.06. The lowest BCUT2D eigenvalue weighted by Crippen LogP contribution is -2.07. The molecule has 1 aromatic carbocycles. The number of aryl methyl sites for hydroxylation is 1. The molecular weight excluding hydrogens is 296 g/mol. The van der Waals surface area contributed by atoms with E-state index in [9.17, 15) is 8.42 Å². The van der Waals surface area contributed by atoms with Crippen molar-refractivity contribution in [2.45, 2.75) is 63.2 Å². The molecule has 0 aliphatic carbocycles. The molecule has 1 rings (SSSR count). The molecule has 0 heterocycles. The first kappa shape index (κ1) is 18.7. The van der Waals surface area contributed by atoms with Gasteiger partial charge in [0, 0.05) is 6.42 Å². The van der Waals surface area contributed by atoms with Crippen molar-refractivity contribution in [1.82, 2.24) is 0 Å². The smallest absolute Gasteiger partial charge is 0.266 e. The fraction of sp³-hybridized carbons (Fsp3) is 0.556. The Kier molecular flexibility index (Phi) is 8.88. The van der Waals surface area contributed by atoms with E-state index in [-0.39, 0.29) is 11.5 Å². The summed E-state index contributed by atoms with van der Waals surface area (Å²) in [6.45, 7) is 2.18. The summed E-state index contributed by atoms with van der Waals surface area (Å²) in [6.07, 6.45) is 13.6. The van der Waals surface area contributed by atoms with Crippen LogP contribution < -0.4 is 0 Å². The minimum atomic E-state index is -3.60. The molecular formula is C18H26O3S. The van der Waals surface area contributed by atoms with E-state index in [0.717, 1.165) is 37.7 Å². The van der Waals surface area contributed by atoms with E-state index in [4.69, 9.17) is 10.6 Å². The maximum absolute atomic E-state index is 11.9. The van der Waals surface area contributed by atoms with Gasteiger partial charge in [-0.2, -0.15) is 8.42 Å². The van der Waals surface area contributed by atoms with Crippen LogP contribution in [0.3, 0.4) is 0 Å². The number of terminal acetylenes is 1. The molecule has 0 bridgehead atoms. The van der Waals surface area contributed by atoms with Gasteiger partial charge >= 0.3 is 0 Å². The number of hydrogen-bond acceptors (Lipinski definition) is 3. The summed E-state index contributed by atoms with van der Waals surface area (Å²) in [6, 6.07) is 6.72. The van der Waals surface area contributed by atoms with Crippen LogP contribution in [0.4, 0.5) is 0 Å². The van der Waals surface area contributed by atoms with Crippen LogP contribution in [0.2, 0.25) is 0 Å². The molecule has 1 aromatic rings. The average molecular weight is 322 g/mol. The molecule has 0 saturated heterocycles. The standard InChI is InChI=1S/C18H26O3S/c1-3-4-5-6-7-8-9-10-11-16-21-22(19,20)18-14-12-17(2)13-15-18/h1,12-15H,4-11,16H2,2H3. The number of unbranched alkanes of at least 4 members (excludes halogenated alkanes) is 7. The zero-order chi connectivity index (χ0) is 16.3. The van der Waals surface area contributed by atoms with Gasteiger partial charge in [0.15, 0.2) is 0 Å². The van der Waals surface area contributed by atoms with Crippen molar-refractivity contribution in [3.63, 3.8) is 0 Å². The molecule has 0 unspecified atom stereocenters. The summed E-state index contributed by atoms with van der Waals surface area (Å²) in [5.74, 6) is 2.64. The summed E-state index contributed by atoms with van der Waals surface area (Å²) in [7, 11) is -3.60. The largest absolute Gasteiger partial charge is 0.296 e. The van der Waals surface area contributed by atoms with E-state index in [2.05, 4.69) is 5.92 Å². The Hall–Kier alpha value is -1.31. The zero-order valence-corrected chi connectivity index (χ0v) is 14.2. The Morgan fingerprint density at radius 1 is 0.955 bits per heavy atom. The molecule has 22 heavy (non-hydrogen) atoms. The van der Waals surface area contributed by atoms with Crippen LogP contribution in [0, 0.1) is 19.3 Å². The lowest BCUT2D eigenvalue weighted by molar-refractivity contribution is 0.306. The molecule has 0 radical (unpaired) electrons. The molecule has 0 saturated carbocycles. The van der Waals surface area contributed by atoms with Crippen molar-refractivity contribution < 1.29 is 12.6 Å². The van der Waals surface area contributed by atoms with Gasteiger partial charge in [-0.05, 0) is 31.9 Å². The molecule has 0 aliphatic heterocycles. The Morgan fingerprint density at radius 2 is 1.50 bits per heavy atom. The molecule has 122 valence electrons. The van der Waals surface area contributed by atoms with E-state index in [1.807, 2.05) is 6.92 Å². The van der Waals surface area contributed by atoms with E-state index < -0.39 is 10.1 Å². The molecule has 0 fully saturated rings. The zero-order valence-electron chi connectivity index (χ0n) is 13.4. The third-order valence-corrected chi connectivity index (χ3v) is 4.84. The summed E-state index contributed by atoms with van der Waals surface area (Å²) in [4.78, 5) is 0.228. The van der Waals surface area contributed by atoms with E-state index in [1.54, 1.807) is 24.3 Å². The van der Waals surface area contributed by atoms with Crippen molar-refractivity contribution in [3.05, 3.63) is 29.8 Å². The average Bonchev–Trinajstić information content (AvgIpc) is 2.49. The second-order valence-corrected chi connectivity index (χ2v) is 7.13. The Labute approximate surface area is 135 Å². The van der Waals surface area contributed by atoms with Gasteiger partial charge in [-0.3, -0.25) is 4.18 Å². The number of rotatable bonds is 11. The molecule has 0 atom stereocenters. The first-order valence-corrected chi connectivity index (χ1v) is 9.36. The van der Waals surface area contributed by atoms with E-state index >= 15 is 0 Å². The SMILES string of the molecule is C#CCCCCCCCCCOS(=O)(=O)c1ccc(C)cc1. The molecule has 0 amide bonds. The van der Waals surface area contributed by atoms with Crippen LogP contribution in [-0.4, -0.2) is 15.0 Å². The highest BCUT2D eigenvalue weighted by Crippen LogP contribution is 2.14. The van der Waals surface area contributed by atoms with Crippen LogP contribution in [-0.2, 0) is 14.3 Å². The Balaban J connectivity index is 2.11. The van der Waals surface area contributed by atoms with Crippen molar-refractivity contribution >= 4 is 10.1 Å². The van der Waals surface area contributed by atoms with E-state index in [1.165, 1.54) is 19.3 Å². The topological polar surface area (TPSA) is 43.4 Å². The first-order chi connectivity index (χ1) is 10.6. The maximum atomic E-state index is 11.9. The highest BCUT2D eigenvalue weighted by atomic mass is 32.2. The van der Waals surface area contributed by atoms with Gasteiger partial charge in [0.1, 0.15) is 0 Å². The van der Waals surface area contributed by atoms with Gasteiger partial charge in [-0.1, -0.05) is 49.8 Å². The molecule has 0 N–H and O–H groups in total. The highest BCUT2D eigenvalue weighted by Gasteiger charge is 2.14. The van der Waals surface area contributed by atoms with Crippen LogP contribution in [0.1, 0.15) is 56.9 Å². The van der Waals surface area contributed by atoms with Gasteiger partial charge in [0.2, 0.25) is 0 Å². The monoisotopic (exact) mass is 322 g/mol. The van der Waals surface area contributed by atoms with Gasteiger partial charge in [0.05, 0.1) is 11.5 Å². The summed E-state index contributed by atoms with van der Waals surface area (Å²) < 4.78 is 28.9. The molecule has 3 nitrogen and oxygen atoms in total. The predicted molar refractivity (Wildman–Crippen MR) is 90.1 cm³/mol. The van der Waals surface area contributed by atoms with Gasteiger partial charge in [-0.25, -0.2) is 0 Å². The minimum absolute atomic E-state index is 0.228. The summed E-state index contributed by atoms with van der Waals surface area (Å²) in [5, 5.41) is 0. The quantitative estimate of drug-likeness (QED) is 0.343. The van der Waals surface area contributed by atoms with Crippen LogP contribution in [0.25, 0.3) is 0 Å². The number of benzene rings is 1. The second kappa shape index (κ2) is 10.4. The third kappa shape index (κ3) is 7.63.